The number of hydrogen-bond acceptors (Lipinski definition) is 3. The molecule has 2 aliphatic rings. The molecule has 1 atom stereocenters. The fraction of sp³-hybridized carbons (Fsp3) is 0.600. The highest BCUT2D eigenvalue weighted by atomic mass is 16.3. The minimum absolute atomic E-state index is 0.303. The highest BCUT2D eigenvalue weighted by molar-refractivity contribution is 5.39. The molecule has 0 spiro atoms. The van der Waals surface area contributed by atoms with E-state index in [-0.39, 0.29) is 0 Å². The molecule has 1 saturated carbocycles. The van der Waals surface area contributed by atoms with Crippen molar-refractivity contribution in [1.82, 2.24) is 10.2 Å². The number of rotatable bonds is 4. The summed E-state index contributed by atoms with van der Waals surface area (Å²) in [5.74, 6) is 1.54. The Balaban J connectivity index is 1.62. The number of furan rings is 1. The summed E-state index contributed by atoms with van der Waals surface area (Å²) in [4.78, 5) is 2.63. The molecule has 2 aromatic rings. The summed E-state index contributed by atoms with van der Waals surface area (Å²) in [6, 6.07) is 11.7. The molecular formula is C25H36N2O. The lowest BCUT2D eigenvalue weighted by Gasteiger charge is -2.39. The molecule has 2 fully saturated rings. The number of nitrogens with one attached hydrogen (secondary N) is 1. The van der Waals surface area contributed by atoms with Gasteiger partial charge in [-0.2, -0.15) is 0 Å². The minimum atomic E-state index is 0.303. The zero-order valence-corrected chi connectivity index (χ0v) is 17.8. The van der Waals surface area contributed by atoms with Crippen LogP contribution >= 0.6 is 0 Å². The highest BCUT2D eigenvalue weighted by Gasteiger charge is 2.33. The lowest BCUT2D eigenvalue weighted by molar-refractivity contribution is 0.167. The normalized spacial score (nSPS) is 25.5. The molecule has 28 heavy (non-hydrogen) atoms. The van der Waals surface area contributed by atoms with Crippen LogP contribution in [0.3, 0.4) is 0 Å². The van der Waals surface area contributed by atoms with Gasteiger partial charge in [-0.15, -0.1) is 0 Å². The van der Waals surface area contributed by atoms with Gasteiger partial charge in [0.15, 0.2) is 0 Å². The van der Waals surface area contributed by atoms with E-state index in [1.165, 1.54) is 36.8 Å². The maximum absolute atomic E-state index is 5.50. The Labute approximate surface area is 170 Å². The van der Waals surface area contributed by atoms with Gasteiger partial charge in [-0.05, 0) is 60.1 Å². The molecule has 1 aliphatic carbocycles. The zero-order chi connectivity index (χ0) is 19.6. The van der Waals surface area contributed by atoms with Crippen molar-refractivity contribution in [3.8, 4) is 0 Å². The van der Waals surface area contributed by atoms with Gasteiger partial charge < -0.3 is 9.73 Å². The van der Waals surface area contributed by atoms with Crippen molar-refractivity contribution < 1.29 is 4.42 Å². The van der Waals surface area contributed by atoms with E-state index in [9.17, 15) is 0 Å². The van der Waals surface area contributed by atoms with Gasteiger partial charge in [0.2, 0.25) is 0 Å². The van der Waals surface area contributed by atoms with Gasteiger partial charge in [0.25, 0.3) is 0 Å². The zero-order valence-electron chi connectivity index (χ0n) is 17.8. The third kappa shape index (κ3) is 4.21. The van der Waals surface area contributed by atoms with Crippen LogP contribution in [0.15, 0.2) is 47.3 Å². The number of benzene rings is 1. The van der Waals surface area contributed by atoms with Crippen molar-refractivity contribution in [2.24, 2.45) is 11.3 Å². The second-order valence-corrected chi connectivity index (χ2v) is 9.79. The fourth-order valence-corrected chi connectivity index (χ4v) is 5.36. The van der Waals surface area contributed by atoms with Gasteiger partial charge in [0.1, 0.15) is 0 Å². The van der Waals surface area contributed by atoms with E-state index in [0.717, 1.165) is 32.1 Å². The third-order valence-corrected chi connectivity index (χ3v) is 7.06. The molecular weight excluding hydrogens is 344 g/mol. The maximum atomic E-state index is 5.50. The average molecular weight is 381 g/mol. The van der Waals surface area contributed by atoms with Gasteiger partial charge in [-0.3, -0.25) is 4.90 Å². The van der Waals surface area contributed by atoms with Crippen LogP contribution in [0.5, 0.6) is 0 Å². The molecule has 1 unspecified atom stereocenters. The van der Waals surface area contributed by atoms with Crippen molar-refractivity contribution in [1.29, 1.82) is 0 Å². The molecule has 1 aromatic carbocycles. The van der Waals surface area contributed by atoms with Gasteiger partial charge in [0.05, 0.1) is 18.6 Å². The molecule has 3 nitrogen and oxygen atoms in total. The maximum Gasteiger partial charge on any atom is 0.0953 e. The van der Waals surface area contributed by atoms with Crippen LogP contribution in [0.25, 0.3) is 0 Å². The molecule has 4 rings (SSSR count). The predicted molar refractivity (Wildman–Crippen MR) is 116 cm³/mol. The van der Waals surface area contributed by atoms with Gasteiger partial charge in [-0.25, -0.2) is 0 Å². The summed E-state index contributed by atoms with van der Waals surface area (Å²) in [6.45, 7) is 11.5. The van der Waals surface area contributed by atoms with Crippen LogP contribution in [0.4, 0.5) is 0 Å². The standard InChI is InChI=1S/C25H36N2O/c1-25(2,3)21-10-8-19(9-11-21)22-6-4-5-7-23(22)24(20-12-17-28-18-20)27-15-13-26-14-16-27/h4-7,12,17-19,21,24,26H,8-11,13-16H2,1-3H3. The van der Waals surface area contributed by atoms with Crippen LogP contribution in [-0.2, 0) is 0 Å². The lowest BCUT2D eigenvalue weighted by atomic mass is 9.68. The Morgan fingerprint density at radius 2 is 1.71 bits per heavy atom. The molecule has 1 aromatic heterocycles. The van der Waals surface area contributed by atoms with Crippen molar-refractivity contribution >= 4 is 0 Å². The second kappa shape index (κ2) is 8.42. The largest absolute Gasteiger partial charge is 0.472 e. The monoisotopic (exact) mass is 380 g/mol. The van der Waals surface area contributed by atoms with E-state index in [1.54, 1.807) is 5.56 Å². The molecule has 0 amide bonds. The topological polar surface area (TPSA) is 28.4 Å². The van der Waals surface area contributed by atoms with Crippen LogP contribution < -0.4 is 5.32 Å². The first-order chi connectivity index (χ1) is 13.5. The smallest absolute Gasteiger partial charge is 0.0953 e. The van der Waals surface area contributed by atoms with E-state index in [2.05, 4.69) is 61.3 Å². The quantitative estimate of drug-likeness (QED) is 0.749. The van der Waals surface area contributed by atoms with Crippen LogP contribution in [0.2, 0.25) is 0 Å². The second-order valence-electron chi connectivity index (χ2n) is 9.79. The van der Waals surface area contributed by atoms with E-state index < -0.39 is 0 Å². The molecule has 1 N–H and O–H groups in total. The highest BCUT2D eigenvalue weighted by Crippen LogP contribution is 2.45. The Bertz CT molecular complexity index is 732. The molecule has 2 heterocycles. The number of nitrogens with zero attached hydrogens (tertiary/aromatic N) is 1. The summed E-state index contributed by atoms with van der Waals surface area (Å²) >= 11 is 0. The summed E-state index contributed by atoms with van der Waals surface area (Å²) in [7, 11) is 0. The average Bonchev–Trinajstić information content (AvgIpc) is 3.23. The molecule has 0 radical (unpaired) electrons. The SMILES string of the molecule is CC(C)(C)C1CCC(c2ccccc2C(c2ccoc2)N2CCNCC2)CC1. The number of hydrogen-bond donors (Lipinski definition) is 1. The van der Waals surface area contributed by atoms with Gasteiger partial charge in [0, 0.05) is 31.7 Å². The molecule has 1 saturated heterocycles. The van der Waals surface area contributed by atoms with Crippen molar-refractivity contribution in [3.05, 3.63) is 59.5 Å². The van der Waals surface area contributed by atoms with E-state index in [0.29, 0.717) is 17.4 Å². The van der Waals surface area contributed by atoms with E-state index >= 15 is 0 Å². The Kier molecular flexibility index (Phi) is 5.93. The molecule has 1 aliphatic heterocycles. The fourth-order valence-electron chi connectivity index (χ4n) is 5.36. The predicted octanol–water partition coefficient (Wildman–Crippen LogP) is 5.59. The van der Waals surface area contributed by atoms with Crippen molar-refractivity contribution in [2.45, 2.75) is 58.4 Å². The Morgan fingerprint density at radius 3 is 2.36 bits per heavy atom. The third-order valence-electron chi connectivity index (χ3n) is 7.06. The number of piperazine rings is 1. The summed E-state index contributed by atoms with van der Waals surface area (Å²) in [5.41, 5.74) is 4.78. The van der Waals surface area contributed by atoms with Crippen molar-refractivity contribution in [2.75, 3.05) is 26.2 Å². The van der Waals surface area contributed by atoms with Crippen LogP contribution in [0.1, 0.15) is 75.1 Å². The first kappa shape index (κ1) is 19.7. The first-order valence-corrected chi connectivity index (χ1v) is 11.1. The minimum Gasteiger partial charge on any atom is -0.472 e. The van der Waals surface area contributed by atoms with E-state index in [4.69, 9.17) is 4.42 Å². The lowest BCUT2D eigenvalue weighted by Crippen LogP contribution is -2.45. The van der Waals surface area contributed by atoms with Crippen molar-refractivity contribution in [3.63, 3.8) is 0 Å². The summed E-state index contributed by atoms with van der Waals surface area (Å²) in [6.07, 6.45) is 9.11. The van der Waals surface area contributed by atoms with Crippen LogP contribution in [0, 0.1) is 11.3 Å². The van der Waals surface area contributed by atoms with Gasteiger partial charge >= 0.3 is 0 Å². The first-order valence-electron chi connectivity index (χ1n) is 11.1. The Hall–Kier alpha value is -1.58. The van der Waals surface area contributed by atoms with Crippen LogP contribution in [-0.4, -0.2) is 31.1 Å². The summed E-state index contributed by atoms with van der Waals surface area (Å²) in [5, 5.41) is 3.50. The molecule has 3 heteroatoms. The van der Waals surface area contributed by atoms with E-state index in [1.807, 2.05) is 12.5 Å². The molecule has 0 bridgehead atoms. The summed E-state index contributed by atoms with van der Waals surface area (Å²) < 4.78 is 5.50. The Morgan fingerprint density at radius 1 is 1.00 bits per heavy atom. The molecule has 152 valence electrons. The van der Waals surface area contributed by atoms with Gasteiger partial charge in [-0.1, -0.05) is 45.0 Å².